The fraction of sp³-hybridized carbons (Fsp3) is 0.0588. The Morgan fingerprint density at radius 1 is 1.15 bits per heavy atom. The molecule has 2 aromatic carbocycles. The Bertz CT molecular complexity index is 1090. The number of hydrogen-bond donors (Lipinski definition) is 3. The number of amides is 1. The van der Waals surface area contributed by atoms with Crippen molar-refractivity contribution in [1.82, 2.24) is 20.6 Å². The molecule has 0 aliphatic carbocycles. The molecule has 0 spiro atoms. The van der Waals surface area contributed by atoms with Gasteiger partial charge in [-0.1, -0.05) is 41.4 Å². The molecule has 0 unspecified atom stereocenters. The first-order valence-electron chi connectivity index (χ1n) is 7.70. The number of anilines is 1. The maximum atomic E-state index is 12.3. The van der Waals surface area contributed by atoms with Crippen molar-refractivity contribution in [3.05, 3.63) is 69.1 Å². The van der Waals surface area contributed by atoms with Crippen molar-refractivity contribution in [3.63, 3.8) is 0 Å². The van der Waals surface area contributed by atoms with E-state index in [0.29, 0.717) is 26.5 Å². The quantitative estimate of drug-likeness (QED) is 0.445. The average Bonchev–Trinajstić information content (AvgIpc) is 2.65. The van der Waals surface area contributed by atoms with E-state index < -0.39 is 5.91 Å². The fourth-order valence-electron chi connectivity index (χ4n) is 2.29. The smallest absolute Gasteiger partial charge is 0.275 e. The minimum absolute atomic E-state index is 0.117. The molecule has 0 saturated carbocycles. The van der Waals surface area contributed by atoms with Crippen molar-refractivity contribution in [2.24, 2.45) is 0 Å². The summed E-state index contributed by atoms with van der Waals surface area (Å²) < 4.78 is 1.08. The van der Waals surface area contributed by atoms with Crippen LogP contribution in [-0.2, 0) is 11.3 Å². The van der Waals surface area contributed by atoms with E-state index in [1.54, 1.807) is 36.4 Å². The predicted molar refractivity (Wildman–Crippen MR) is 110 cm³/mol. The van der Waals surface area contributed by atoms with E-state index in [2.05, 4.69) is 21.3 Å². The third kappa shape index (κ3) is 4.73. The third-order valence-electron chi connectivity index (χ3n) is 3.55. The molecule has 3 N–H and O–H groups in total. The maximum absolute atomic E-state index is 12.3. The van der Waals surface area contributed by atoms with Crippen molar-refractivity contribution < 1.29 is 4.79 Å². The SMILES string of the molecule is O=C(Cn1ncc2ccccc2c1=O)NNC(=S)Nc1ccc(Cl)cc1Cl. The number of hydrogen-bond acceptors (Lipinski definition) is 4. The van der Waals surface area contributed by atoms with E-state index in [9.17, 15) is 9.59 Å². The number of thiocarbonyl (C=S) groups is 1. The topological polar surface area (TPSA) is 88.0 Å². The molecule has 1 heterocycles. The van der Waals surface area contributed by atoms with Gasteiger partial charge in [0.1, 0.15) is 6.54 Å². The van der Waals surface area contributed by atoms with Crippen LogP contribution in [0.4, 0.5) is 5.69 Å². The van der Waals surface area contributed by atoms with Gasteiger partial charge in [0.2, 0.25) is 0 Å². The van der Waals surface area contributed by atoms with E-state index in [1.165, 1.54) is 6.20 Å². The number of fused-ring (bicyclic) bond motifs is 1. The number of nitrogens with one attached hydrogen (secondary N) is 3. The van der Waals surface area contributed by atoms with Gasteiger partial charge in [0, 0.05) is 10.4 Å². The lowest BCUT2D eigenvalue weighted by Crippen LogP contribution is -2.46. The lowest BCUT2D eigenvalue weighted by molar-refractivity contribution is -0.122. The highest BCUT2D eigenvalue weighted by molar-refractivity contribution is 7.80. The van der Waals surface area contributed by atoms with Crippen molar-refractivity contribution in [1.29, 1.82) is 0 Å². The number of aromatic nitrogens is 2. The largest absolute Gasteiger partial charge is 0.330 e. The van der Waals surface area contributed by atoms with Gasteiger partial charge in [0.15, 0.2) is 5.11 Å². The van der Waals surface area contributed by atoms with Crippen LogP contribution >= 0.6 is 35.4 Å². The number of carbonyl (C=O) groups is 1. The summed E-state index contributed by atoms with van der Waals surface area (Å²) in [5.74, 6) is -0.494. The Morgan fingerprint density at radius 3 is 2.70 bits per heavy atom. The van der Waals surface area contributed by atoms with Gasteiger partial charge in [-0.15, -0.1) is 0 Å². The number of benzene rings is 2. The molecule has 138 valence electrons. The Balaban J connectivity index is 1.59. The van der Waals surface area contributed by atoms with Crippen LogP contribution in [0.15, 0.2) is 53.5 Å². The highest BCUT2D eigenvalue weighted by Gasteiger charge is 2.09. The fourth-order valence-corrected chi connectivity index (χ4v) is 2.90. The Morgan fingerprint density at radius 2 is 1.93 bits per heavy atom. The van der Waals surface area contributed by atoms with E-state index >= 15 is 0 Å². The molecule has 27 heavy (non-hydrogen) atoms. The molecule has 0 fully saturated rings. The summed E-state index contributed by atoms with van der Waals surface area (Å²) in [5.41, 5.74) is 5.11. The molecule has 1 amide bonds. The lowest BCUT2D eigenvalue weighted by Gasteiger charge is -2.13. The van der Waals surface area contributed by atoms with Crippen LogP contribution in [0.3, 0.4) is 0 Å². The first-order chi connectivity index (χ1) is 12.9. The second-order valence-corrected chi connectivity index (χ2v) is 6.70. The number of nitrogens with zero attached hydrogens (tertiary/aromatic N) is 2. The van der Waals surface area contributed by atoms with Gasteiger partial charge in [-0.3, -0.25) is 20.4 Å². The molecule has 0 saturated heterocycles. The zero-order chi connectivity index (χ0) is 19.4. The Kier molecular flexibility index (Phi) is 5.90. The zero-order valence-corrected chi connectivity index (χ0v) is 16.0. The van der Waals surface area contributed by atoms with Gasteiger partial charge in [0.25, 0.3) is 11.5 Å². The number of rotatable bonds is 3. The molecule has 7 nitrogen and oxygen atoms in total. The summed E-state index contributed by atoms with van der Waals surface area (Å²) in [6, 6.07) is 11.9. The first kappa shape index (κ1) is 19.1. The van der Waals surface area contributed by atoms with Crippen LogP contribution in [-0.4, -0.2) is 20.8 Å². The molecule has 3 aromatic rings. The third-order valence-corrected chi connectivity index (χ3v) is 4.30. The van der Waals surface area contributed by atoms with Gasteiger partial charge in [-0.05, 0) is 36.5 Å². The van der Waals surface area contributed by atoms with Crippen LogP contribution in [0.2, 0.25) is 10.0 Å². The second kappa shape index (κ2) is 8.34. The van der Waals surface area contributed by atoms with Gasteiger partial charge in [-0.2, -0.15) is 5.10 Å². The van der Waals surface area contributed by atoms with E-state index in [4.69, 9.17) is 35.4 Å². The average molecular weight is 422 g/mol. The first-order valence-corrected chi connectivity index (χ1v) is 8.86. The minimum atomic E-state index is -0.494. The van der Waals surface area contributed by atoms with Gasteiger partial charge in [0.05, 0.1) is 22.3 Å². The van der Waals surface area contributed by atoms with E-state index in [0.717, 1.165) is 4.68 Å². The normalized spacial score (nSPS) is 10.4. The standard InChI is InChI=1S/C17H13Cl2N5O2S/c18-11-5-6-14(13(19)7-11)21-17(27)23-22-15(25)9-24-16(26)12-4-2-1-3-10(12)8-20-24/h1-8H,9H2,(H,22,25)(H2,21,23,27). The minimum Gasteiger partial charge on any atom is -0.330 e. The molecule has 1 aromatic heterocycles. The van der Waals surface area contributed by atoms with Crippen molar-refractivity contribution in [3.8, 4) is 0 Å². The monoisotopic (exact) mass is 421 g/mol. The molecule has 0 aliphatic heterocycles. The molecule has 10 heteroatoms. The molecule has 3 rings (SSSR count). The number of halogens is 2. The lowest BCUT2D eigenvalue weighted by atomic mass is 10.2. The Hall–Kier alpha value is -2.68. The van der Waals surface area contributed by atoms with Crippen molar-refractivity contribution >= 4 is 62.9 Å². The van der Waals surface area contributed by atoms with Crippen molar-refractivity contribution in [2.45, 2.75) is 6.54 Å². The highest BCUT2D eigenvalue weighted by atomic mass is 35.5. The number of hydrazine groups is 1. The van der Waals surface area contributed by atoms with Crippen molar-refractivity contribution in [2.75, 3.05) is 5.32 Å². The summed E-state index contributed by atoms with van der Waals surface area (Å²) in [4.78, 5) is 24.4. The maximum Gasteiger partial charge on any atom is 0.275 e. The van der Waals surface area contributed by atoms with Gasteiger partial charge < -0.3 is 5.32 Å². The van der Waals surface area contributed by atoms with Crippen LogP contribution in [0, 0.1) is 0 Å². The summed E-state index contributed by atoms with van der Waals surface area (Å²) >= 11 is 17.0. The van der Waals surface area contributed by atoms with Crippen LogP contribution in [0.1, 0.15) is 0 Å². The summed E-state index contributed by atoms with van der Waals surface area (Å²) in [7, 11) is 0. The van der Waals surface area contributed by atoms with E-state index in [1.807, 2.05) is 6.07 Å². The number of carbonyl (C=O) groups excluding carboxylic acids is 1. The highest BCUT2D eigenvalue weighted by Crippen LogP contribution is 2.25. The molecule has 0 bridgehead atoms. The predicted octanol–water partition coefficient (Wildman–Crippen LogP) is 2.72. The van der Waals surface area contributed by atoms with E-state index in [-0.39, 0.29) is 17.2 Å². The van der Waals surface area contributed by atoms with Crippen LogP contribution in [0.25, 0.3) is 10.8 Å². The van der Waals surface area contributed by atoms with Crippen LogP contribution in [0.5, 0.6) is 0 Å². The summed E-state index contributed by atoms with van der Waals surface area (Å²) in [6.45, 7) is -0.263. The second-order valence-electron chi connectivity index (χ2n) is 5.45. The summed E-state index contributed by atoms with van der Waals surface area (Å²) in [6.07, 6.45) is 1.53. The molecule has 0 aliphatic rings. The van der Waals surface area contributed by atoms with Gasteiger partial charge >= 0.3 is 0 Å². The van der Waals surface area contributed by atoms with Crippen LogP contribution < -0.4 is 21.7 Å². The molecule has 0 atom stereocenters. The molecular formula is C17H13Cl2N5O2S. The molecule has 0 radical (unpaired) electrons. The summed E-state index contributed by atoms with van der Waals surface area (Å²) in [5, 5.41) is 9.01. The molecular weight excluding hydrogens is 409 g/mol. The zero-order valence-electron chi connectivity index (χ0n) is 13.7. The Labute approximate surface area is 169 Å². The van der Waals surface area contributed by atoms with Gasteiger partial charge in [-0.25, -0.2) is 4.68 Å².